The molecule has 2 aliphatic rings. The number of benzene rings is 1. The van der Waals surface area contributed by atoms with Crippen molar-refractivity contribution in [3.05, 3.63) is 53.2 Å². The third-order valence-corrected chi connectivity index (χ3v) is 4.86. The minimum Gasteiger partial charge on any atom is -0.392 e. The highest BCUT2D eigenvalue weighted by Crippen LogP contribution is 2.31. The predicted molar refractivity (Wildman–Crippen MR) is 91.6 cm³/mol. The second-order valence-electron chi connectivity index (χ2n) is 6.44. The van der Waals surface area contributed by atoms with Crippen LogP contribution in [0, 0.1) is 0 Å². The standard InChI is InChI=1S/C19H17N3O4/c23-10-12-2-1-7-20-17(12)11-3-4-14-13(8-11)9-22(19(14)26)15-5-6-16(24)21-18(15)25/h1-4,7-8,15,23H,5-6,9-10H2,(H,21,24,25). The summed E-state index contributed by atoms with van der Waals surface area (Å²) in [5.41, 5.74) is 3.56. The van der Waals surface area contributed by atoms with Crippen LogP contribution in [0.5, 0.6) is 0 Å². The van der Waals surface area contributed by atoms with E-state index in [0.717, 1.165) is 11.1 Å². The number of aliphatic hydroxyl groups excluding tert-OH is 1. The molecule has 0 spiro atoms. The quantitative estimate of drug-likeness (QED) is 0.804. The average molecular weight is 351 g/mol. The third kappa shape index (κ3) is 2.66. The summed E-state index contributed by atoms with van der Waals surface area (Å²) in [6, 6.07) is 8.34. The molecule has 0 saturated carbocycles. The van der Waals surface area contributed by atoms with E-state index >= 15 is 0 Å². The van der Waals surface area contributed by atoms with Crippen molar-refractivity contribution in [2.24, 2.45) is 0 Å². The number of aromatic nitrogens is 1. The van der Waals surface area contributed by atoms with Gasteiger partial charge in [-0.3, -0.25) is 24.7 Å². The van der Waals surface area contributed by atoms with Crippen molar-refractivity contribution < 1.29 is 19.5 Å². The van der Waals surface area contributed by atoms with Crippen LogP contribution in [0.15, 0.2) is 36.5 Å². The second-order valence-corrected chi connectivity index (χ2v) is 6.44. The smallest absolute Gasteiger partial charge is 0.255 e. The van der Waals surface area contributed by atoms with E-state index < -0.39 is 11.9 Å². The lowest BCUT2D eigenvalue weighted by Gasteiger charge is -2.29. The largest absolute Gasteiger partial charge is 0.392 e. The van der Waals surface area contributed by atoms with Gasteiger partial charge in [-0.05, 0) is 30.2 Å². The fourth-order valence-electron chi connectivity index (χ4n) is 3.55. The number of fused-ring (bicyclic) bond motifs is 1. The molecule has 1 fully saturated rings. The summed E-state index contributed by atoms with van der Waals surface area (Å²) in [4.78, 5) is 42.0. The van der Waals surface area contributed by atoms with Crippen molar-refractivity contribution in [1.29, 1.82) is 0 Å². The molecule has 2 N–H and O–H groups in total. The fourth-order valence-corrected chi connectivity index (χ4v) is 3.55. The molecule has 3 amide bonds. The van der Waals surface area contributed by atoms with Crippen LogP contribution < -0.4 is 5.32 Å². The summed E-state index contributed by atoms with van der Waals surface area (Å²) < 4.78 is 0. The summed E-state index contributed by atoms with van der Waals surface area (Å²) in [5.74, 6) is -0.927. The summed E-state index contributed by atoms with van der Waals surface area (Å²) in [6.07, 6.45) is 2.23. The molecule has 1 saturated heterocycles. The van der Waals surface area contributed by atoms with E-state index in [9.17, 15) is 19.5 Å². The molecule has 1 atom stereocenters. The molecular weight excluding hydrogens is 334 g/mol. The van der Waals surface area contributed by atoms with E-state index in [1.54, 1.807) is 30.5 Å². The summed E-state index contributed by atoms with van der Waals surface area (Å²) in [6.45, 7) is 0.192. The summed E-state index contributed by atoms with van der Waals surface area (Å²) in [5, 5.41) is 11.8. The highest BCUT2D eigenvalue weighted by atomic mass is 16.3. The van der Waals surface area contributed by atoms with E-state index in [1.807, 2.05) is 6.07 Å². The number of aliphatic hydroxyl groups is 1. The number of hydrogen-bond acceptors (Lipinski definition) is 5. The van der Waals surface area contributed by atoms with Gasteiger partial charge >= 0.3 is 0 Å². The number of amides is 3. The van der Waals surface area contributed by atoms with Crippen LogP contribution in [-0.2, 0) is 22.7 Å². The van der Waals surface area contributed by atoms with Gasteiger partial charge in [0.2, 0.25) is 11.8 Å². The topological polar surface area (TPSA) is 99.6 Å². The number of carbonyl (C=O) groups excluding carboxylic acids is 3. The number of piperidine rings is 1. The van der Waals surface area contributed by atoms with E-state index in [2.05, 4.69) is 10.3 Å². The molecule has 7 nitrogen and oxygen atoms in total. The van der Waals surface area contributed by atoms with E-state index in [0.29, 0.717) is 29.8 Å². The average Bonchev–Trinajstić information content (AvgIpc) is 2.97. The summed E-state index contributed by atoms with van der Waals surface area (Å²) >= 11 is 0. The maximum absolute atomic E-state index is 12.7. The number of nitrogens with one attached hydrogen (secondary N) is 1. The highest BCUT2D eigenvalue weighted by molar-refractivity contribution is 6.05. The fraction of sp³-hybridized carbons (Fsp3) is 0.263. The molecule has 3 heterocycles. The molecule has 26 heavy (non-hydrogen) atoms. The Morgan fingerprint density at radius 3 is 2.85 bits per heavy atom. The van der Waals surface area contributed by atoms with Gasteiger partial charge in [0.1, 0.15) is 6.04 Å². The lowest BCUT2D eigenvalue weighted by atomic mass is 10.0. The van der Waals surface area contributed by atoms with Crippen molar-refractivity contribution >= 4 is 17.7 Å². The zero-order valence-electron chi connectivity index (χ0n) is 13.9. The highest BCUT2D eigenvalue weighted by Gasteiger charge is 2.39. The number of hydrogen-bond donors (Lipinski definition) is 2. The molecular formula is C19H17N3O4. The van der Waals surface area contributed by atoms with Gasteiger partial charge in [0, 0.05) is 35.9 Å². The Bertz CT molecular complexity index is 925. The van der Waals surface area contributed by atoms with Crippen LogP contribution in [0.1, 0.15) is 34.3 Å². The Balaban J connectivity index is 1.65. The van der Waals surface area contributed by atoms with Crippen LogP contribution in [0.25, 0.3) is 11.3 Å². The van der Waals surface area contributed by atoms with Gasteiger partial charge < -0.3 is 10.0 Å². The van der Waals surface area contributed by atoms with Gasteiger partial charge in [-0.2, -0.15) is 0 Å². The van der Waals surface area contributed by atoms with Gasteiger partial charge in [-0.15, -0.1) is 0 Å². The molecule has 1 aromatic heterocycles. The lowest BCUT2D eigenvalue weighted by Crippen LogP contribution is -2.52. The van der Waals surface area contributed by atoms with Gasteiger partial charge in [0.05, 0.1) is 12.3 Å². The predicted octanol–water partition coefficient (Wildman–Crippen LogP) is 1.00. The summed E-state index contributed by atoms with van der Waals surface area (Å²) in [7, 11) is 0. The minimum atomic E-state index is -0.626. The number of imide groups is 1. The first-order chi connectivity index (χ1) is 12.6. The molecule has 4 rings (SSSR count). The van der Waals surface area contributed by atoms with Crippen molar-refractivity contribution in [1.82, 2.24) is 15.2 Å². The molecule has 0 bridgehead atoms. The molecule has 0 radical (unpaired) electrons. The number of rotatable bonds is 3. The third-order valence-electron chi connectivity index (χ3n) is 4.86. The molecule has 7 heteroatoms. The monoisotopic (exact) mass is 351 g/mol. The molecule has 0 aliphatic carbocycles. The first-order valence-corrected chi connectivity index (χ1v) is 8.41. The van der Waals surface area contributed by atoms with Gasteiger partial charge in [0.25, 0.3) is 5.91 Å². The molecule has 2 aromatic rings. The maximum atomic E-state index is 12.7. The SMILES string of the molecule is O=C1CCC(N2Cc3cc(-c4ncccc4CO)ccc3C2=O)C(=O)N1. The van der Waals surface area contributed by atoms with Crippen molar-refractivity contribution in [2.45, 2.75) is 32.0 Å². The normalized spacial score (nSPS) is 19.5. The number of pyridine rings is 1. The Morgan fingerprint density at radius 2 is 2.08 bits per heavy atom. The van der Waals surface area contributed by atoms with Crippen molar-refractivity contribution in [2.75, 3.05) is 0 Å². The zero-order valence-corrected chi connectivity index (χ0v) is 13.9. The number of carbonyl (C=O) groups is 3. The Hall–Kier alpha value is -3.06. The van der Waals surface area contributed by atoms with Crippen LogP contribution in [0.3, 0.4) is 0 Å². The van der Waals surface area contributed by atoms with Crippen molar-refractivity contribution in [3.63, 3.8) is 0 Å². The Labute approximate surface area is 149 Å². The second kappa shape index (κ2) is 6.34. The van der Waals surface area contributed by atoms with Crippen LogP contribution in [0.2, 0.25) is 0 Å². The van der Waals surface area contributed by atoms with Crippen LogP contribution in [-0.4, -0.2) is 38.8 Å². The Morgan fingerprint density at radius 1 is 1.23 bits per heavy atom. The van der Waals surface area contributed by atoms with Gasteiger partial charge in [-0.25, -0.2) is 0 Å². The Kier molecular flexibility index (Phi) is 4.00. The minimum absolute atomic E-state index is 0.123. The lowest BCUT2D eigenvalue weighted by molar-refractivity contribution is -0.136. The molecule has 1 unspecified atom stereocenters. The van der Waals surface area contributed by atoms with E-state index in [1.165, 1.54) is 4.90 Å². The first kappa shape index (κ1) is 16.4. The van der Waals surface area contributed by atoms with E-state index in [4.69, 9.17) is 0 Å². The van der Waals surface area contributed by atoms with E-state index in [-0.39, 0.29) is 24.8 Å². The van der Waals surface area contributed by atoms with Crippen molar-refractivity contribution in [3.8, 4) is 11.3 Å². The molecule has 1 aromatic carbocycles. The van der Waals surface area contributed by atoms with Gasteiger partial charge in [-0.1, -0.05) is 12.1 Å². The maximum Gasteiger partial charge on any atom is 0.255 e. The van der Waals surface area contributed by atoms with Crippen LogP contribution in [0.4, 0.5) is 0 Å². The van der Waals surface area contributed by atoms with Gasteiger partial charge in [0.15, 0.2) is 0 Å². The number of nitrogens with zero attached hydrogens (tertiary/aromatic N) is 2. The molecule has 132 valence electrons. The zero-order chi connectivity index (χ0) is 18.3. The first-order valence-electron chi connectivity index (χ1n) is 8.41. The molecule has 2 aliphatic heterocycles. The van der Waals surface area contributed by atoms with Crippen LogP contribution >= 0.6 is 0 Å².